The monoisotopic (exact) mass is 616 g/mol. The summed E-state index contributed by atoms with van der Waals surface area (Å²) in [6.45, 7) is 2.26. The van der Waals surface area contributed by atoms with E-state index in [4.69, 9.17) is 0 Å². The molecule has 2 aliphatic rings. The molecule has 230 valence electrons. The zero-order valence-corrected chi connectivity index (χ0v) is 26.3. The van der Waals surface area contributed by atoms with Crippen LogP contribution in [0.3, 0.4) is 0 Å². The van der Waals surface area contributed by atoms with E-state index in [0.29, 0.717) is 12.3 Å². The lowest BCUT2D eigenvalue weighted by molar-refractivity contribution is 0.488. The van der Waals surface area contributed by atoms with Crippen molar-refractivity contribution in [3.8, 4) is 22.5 Å². The molecule has 9 rings (SSSR count). The van der Waals surface area contributed by atoms with Gasteiger partial charge in [-0.25, -0.2) is 8.78 Å². The summed E-state index contributed by atoms with van der Waals surface area (Å²) >= 11 is 0. The predicted octanol–water partition coefficient (Wildman–Crippen LogP) is 11.9. The molecule has 0 bridgehead atoms. The largest absolute Gasteiger partial charge is 0.312 e. The first kappa shape index (κ1) is 28.0. The maximum Gasteiger partial charge on any atom is 0.123 e. The molecule has 7 aromatic rings. The average molecular weight is 617 g/mol. The number of hydrogen-bond donors (Lipinski definition) is 0. The van der Waals surface area contributed by atoms with Gasteiger partial charge in [0.2, 0.25) is 0 Å². The molecule has 2 atom stereocenters. The molecule has 2 aliphatic carbocycles. The van der Waals surface area contributed by atoms with Gasteiger partial charge in [0.05, 0.1) is 28.1 Å². The van der Waals surface area contributed by atoms with Crippen molar-refractivity contribution in [1.29, 1.82) is 0 Å². The number of allylic oxidation sites excluding steroid dienone is 3. The molecule has 0 spiro atoms. The van der Waals surface area contributed by atoms with Crippen molar-refractivity contribution in [2.75, 3.05) is 0 Å². The van der Waals surface area contributed by atoms with Crippen molar-refractivity contribution in [1.82, 2.24) is 9.13 Å². The van der Waals surface area contributed by atoms with Gasteiger partial charge in [-0.2, -0.15) is 0 Å². The van der Waals surface area contributed by atoms with Gasteiger partial charge >= 0.3 is 0 Å². The number of rotatable bonds is 4. The first-order valence-corrected chi connectivity index (χ1v) is 16.6. The van der Waals surface area contributed by atoms with Crippen molar-refractivity contribution in [3.05, 3.63) is 150 Å². The van der Waals surface area contributed by atoms with Crippen LogP contribution in [-0.2, 0) is 6.42 Å². The molecule has 47 heavy (non-hydrogen) atoms. The van der Waals surface area contributed by atoms with E-state index in [-0.39, 0.29) is 17.6 Å². The Bertz CT molecular complexity index is 2370. The van der Waals surface area contributed by atoms with E-state index in [1.165, 1.54) is 44.5 Å². The van der Waals surface area contributed by atoms with Crippen molar-refractivity contribution in [2.45, 2.75) is 38.5 Å². The van der Waals surface area contributed by atoms with Crippen LogP contribution in [0.4, 0.5) is 8.78 Å². The maximum atomic E-state index is 14.7. The van der Waals surface area contributed by atoms with E-state index in [9.17, 15) is 8.78 Å². The van der Waals surface area contributed by atoms with Crippen LogP contribution in [0.2, 0.25) is 0 Å². The summed E-state index contributed by atoms with van der Waals surface area (Å²) in [4.78, 5) is 0. The van der Waals surface area contributed by atoms with Crippen LogP contribution in [0.15, 0.2) is 127 Å². The molecule has 0 amide bonds. The molecule has 2 heterocycles. The van der Waals surface area contributed by atoms with Crippen LogP contribution in [-0.4, -0.2) is 9.13 Å². The summed E-state index contributed by atoms with van der Waals surface area (Å²) in [5.41, 5.74) is 11.0. The molecule has 4 heteroatoms. The minimum Gasteiger partial charge on any atom is -0.312 e. The molecular weight excluding hydrogens is 582 g/mol. The number of para-hydroxylation sites is 2. The minimum atomic E-state index is -0.266. The van der Waals surface area contributed by atoms with Crippen LogP contribution >= 0.6 is 0 Å². The van der Waals surface area contributed by atoms with Gasteiger partial charge in [0, 0.05) is 45.1 Å². The van der Waals surface area contributed by atoms with Crippen molar-refractivity contribution < 1.29 is 8.78 Å². The second-order valence-electron chi connectivity index (χ2n) is 13.2. The highest BCUT2D eigenvalue weighted by Gasteiger charge is 2.25. The molecule has 5 aromatic carbocycles. The molecular formula is C43H34F2N2. The molecule has 2 nitrogen and oxygen atoms in total. The number of hydrogen-bond acceptors (Lipinski definition) is 0. The quantitative estimate of drug-likeness (QED) is 0.186. The Morgan fingerprint density at radius 1 is 0.681 bits per heavy atom. The third-order valence-electron chi connectivity index (χ3n) is 10.2. The highest BCUT2D eigenvalue weighted by Crippen LogP contribution is 2.42. The third kappa shape index (κ3) is 4.58. The fraction of sp³-hybridized carbons (Fsp3) is 0.163. The van der Waals surface area contributed by atoms with E-state index in [1.807, 2.05) is 6.07 Å². The highest BCUT2D eigenvalue weighted by molar-refractivity contribution is 6.09. The first-order chi connectivity index (χ1) is 23.0. The van der Waals surface area contributed by atoms with Crippen molar-refractivity contribution >= 4 is 38.8 Å². The summed E-state index contributed by atoms with van der Waals surface area (Å²) in [5.74, 6) is 0.185. The number of aromatic nitrogens is 2. The van der Waals surface area contributed by atoms with Gasteiger partial charge < -0.3 is 9.13 Å². The Morgan fingerprint density at radius 3 is 2.21 bits per heavy atom. The van der Waals surface area contributed by atoms with Crippen LogP contribution in [0.5, 0.6) is 0 Å². The van der Waals surface area contributed by atoms with Gasteiger partial charge in [-0.05, 0) is 96.8 Å². The lowest BCUT2D eigenvalue weighted by atomic mass is 9.85. The second-order valence-corrected chi connectivity index (χ2v) is 13.2. The van der Waals surface area contributed by atoms with E-state index >= 15 is 0 Å². The van der Waals surface area contributed by atoms with Gasteiger partial charge in [0.1, 0.15) is 5.82 Å². The number of halogens is 2. The summed E-state index contributed by atoms with van der Waals surface area (Å²) in [5, 5.41) is 3.67. The minimum absolute atomic E-state index is 0.0390. The standard InChI is InChI=1S/C43H34F2N2/c1-27-16-19-36-38-26-33(46-39-14-4-2-12-34(39)35-13-3-5-15-40(35)46)18-21-42(38)47(43(36)22-27)41-20-17-29(28-8-6-10-31(44)23-28)25-37(41)30-9-7-11-32(45)24-30/h2-5,7,9-21,24-28H,6,8,22-23H2,1H3. The maximum absolute atomic E-state index is 14.7. The fourth-order valence-corrected chi connectivity index (χ4v) is 8.03. The van der Waals surface area contributed by atoms with Gasteiger partial charge in [-0.1, -0.05) is 79.7 Å². The van der Waals surface area contributed by atoms with E-state index in [1.54, 1.807) is 18.2 Å². The Kier molecular flexibility index (Phi) is 6.53. The molecule has 2 unspecified atom stereocenters. The fourth-order valence-electron chi connectivity index (χ4n) is 8.03. The SMILES string of the molecule is CC1C=Cc2c(n(-c3ccc(C4CCC=C(F)C4)cc3-c3cccc(F)c3)c3ccc(-n4c5ccccc5c5ccccc54)cc23)C1. The summed E-state index contributed by atoms with van der Waals surface area (Å²) in [6.07, 6.45) is 9.25. The van der Waals surface area contributed by atoms with Gasteiger partial charge in [0.25, 0.3) is 0 Å². The van der Waals surface area contributed by atoms with E-state index in [0.717, 1.165) is 52.8 Å². The molecule has 2 aromatic heterocycles. The smallest absolute Gasteiger partial charge is 0.123 e. The molecule has 0 radical (unpaired) electrons. The van der Waals surface area contributed by atoms with Crippen LogP contribution in [0, 0.1) is 11.7 Å². The Labute approximate surface area is 272 Å². The lowest BCUT2D eigenvalue weighted by Crippen LogP contribution is -2.10. The summed E-state index contributed by atoms with van der Waals surface area (Å²) < 4.78 is 33.9. The predicted molar refractivity (Wildman–Crippen MR) is 191 cm³/mol. The summed E-state index contributed by atoms with van der Waals surface area (Å²) in [7, 11) is 0. The van der Waals surface area contributed by atoms with Crippen LogP contribution < -0.4 is 0 Å². The topological polar surface area (TPSA) is 9.86 Å². The number of nitrogens with zero attached hydrogens (tertiary/aromatic N) is 2. The molecule has 0 aliphatic heterocycles. The van der Waals surface area contributed by atoms with Crippen LogP contribution in [0.1, 0.15) is 48.9 Å². The third-order valence-corrected chi connectivity index (χ3v) is 10.2. The zero-order valence-electron chi connectivity index (χ0n) is 26.3. The van der Waals surface area contributed by atoms with Crippen molar-refractivity contribution in [3.63, 3.8) is 0 Å². The Hall–Kier alpha value is -5.22. The zero-order chi connectivity index (χ0) is 31.6. The Balaban J connectivity index is 1.29. The van der Waals surface area contributed by atoms with Gasteiger partial charge in [-0.3, -0.25) is 0 Å². The second kappa shape index (κ2) is 10.9. The molecule has 0 saturated carbocycles. The molecule has 0 fully saturated rings. The van der Waals surface area contributed by atoms with Gasteiger partial charge in [0.15, 0.2) is 0 Å². The molecule has 0 saturated heterocycles. The number of benzene rings is 5. The lowest BCUT2D eigenvalue weighted by Gasteiger charge is -2.23. The average Bonchev–Trinajstić information content (AvgIpc) is 3.60. The van der Waals surface area contributed by atoms with Crippen LogP contribution in [0.25, 0.3) is 61.3 Å². The van der Waals surface area contributed by atoms with E-state index in [2.05, 4.69) is 113 Å². The van der Waals surface area contributed by atoms with E-state index < -0.39 is 0 Å². The number of fused-ring (bicyclic) bond motifs is 6. The highest BCUT2D eigenvalue weighted by atomic mass is 19.1. The Morgan fingerprint density at radius 2 is 1.45 bits per heavy atom. The van der Waals surface area contributed by atoms with Crippen molar-refractivity contribution in [2.24, 2.45) is 5.92 Å². The van der Waals surface area contributed by atoms with Gasteiger partial charge in [-0.15, -0.1) is 0 Å². The first-order valence-electron chi connectivity index (χ1n) is 16.6. The summed E-state index contributed by atoms with van der Waals surface area (Å²) in [6, 6.07) is 37.4. The normalized spacial score (nSPS) is 17.8. The molecule has 0 N–H and O–H groups in total.